The number of nitrogens with one attached hydrogen (secondary N) is 1. The van der Waals surface area contributed by atoms with Gasteiger partial charge in [-0.25, -0.2) is 0 Å². The Kier molecular flexibility index (Phi) is 5.56. The van der Waals surface area contributed by atoms with E-state index in [0.29, 0.717) is 5.92 Å². The van der Waals surface area contributed by atoms with Crippen molar-refractivity contribution in [1.82, 2.24) is 5.32 Å². The standard InChI is InChI=1S/C16H25N3O2/c1-3-7-18(12-14-5-4-6-17-11-14)15-8-13(2)9-16(10-15)19(20)21/h8-10,14,17H,3-7,11-12H2,1-2H3. The van der Waals surface area contributed by atoms with Gasteiger partial charge in [0.2, 0.25) is 0 Å². The van der Waals surface area contributed by atoms with E-state index in [-0.39, 0.29) is 10.6 Å². The van der Waals surface area contributed by atoms with Crippen molar-refractivity contribution >= 4 is 11.4 Å². The van der Waals surface area contributed by atoms with Crippen LogP contribution in [-0.2, 0) is 0 Å². The SMILES string of the molecule is CCCN(CC1CCCNC1)c1cc(C)cc([N+](=O)[O-])c1. The fourth-order valence-corrected chi connectivity index (χ4v) is 3.02. The largest absolute Gasteiger partial charge is 0.371 e. The molecule has 21 heavy (non-hydrogen) atoms. The summed E-state index contributed by atoms with van der Waals surface area (Å²) in [5.74, 6) is 0.630. The fourth-order valence-electron chi connectivity index (χ4n) is 3.02. The summed E-state index contributed by atoms with van der Waals surface area (Å²) in [5.41, 5.74) is 2.11. The van der Waals surface area contributed by atoms with Crippen LogP contribution in [0.3, 0.4) is 0 Å². The number of non-ortho nitro benzene ring substituents is 1. The number of nitro groups is 1. The third-order valence-electron chi connectivity index (χ3n) is 3.99. The lowest BCUT2D eigenvalue weighted by atomic mass is 9.98. The molecule has 1 heterocycles. The van der Waals surface area contributed by atoms with Crippen molar-refractivity contribution in [3.63, 3.8) is 0 Å². The van der Waals surface area contributed by atoms with E-state index in [9.17, 15) is 10.1 Å². The van der Waals surface area contributed by atoms with Crippen molar-refractivity contribution in [1.29, 1.82) is 0 Å². The minimum absolute atomic E-state index is 0.188. The fraction of sp³-hybridized carbons (Fsp3) is 0.625. The highest BCUT2D eigenvalue weighted by Crippen LogP contribution is 2.25. The van der Waals surface area contributed by atoms with Crippen LogP contribution in [0.15, 0.2) is 18.2 Å². The molecule has 0 saturated carbocycles. The number of nitro benzene ring substituents is 1. The van der Waals surface area contributed by atoms with Gasteiger partial charge in [-0.05, 0) is 56.8 Å². The van der Waals surface area contributed by atoms with E-state index in [2.05, 4.69) is 23.2 Å². The van der Waals surface area contributed by atoms with E-state index in [0.717, 1.165) is 43.9 Å². The van der Waals surface area contributed by atoms with Crippen LogP contribution in [-0.4, -0.2) is 31.1 Å². The average Bonchev–Trinajstić information content (AvgIpc) is 2.47. The molecular weight excluding hydrogens is 266 g/mol. The van der Waals surface area contributed by atoms with Crippen molar-refractivity contribution in [2.45, 2.75) is 33.1 Å². The zero-order valence-electron chi connectivity index (χ0n) is 13.0. The van der Waals surface area contributed by atoms with Crippen LogP contribution < -0.4 is 10.2 Å². The Morgan fingerprint density at radius 3 is 2.86 bits per heavy atom. The normalized spacial score (nSPS) is 18.5. The summed E-state index contributed by atoms with van der Waals surface area (Å²) in [4.78, 5) is 13.1. The van der Waals surface area contributed by atoms with Gasteiger partial charge >= 0.3 is 0 Å². The molecule has 1 N–H and O–H groups in total. The molecule has 0 aliphatic carbocycles. The number of anilines is 1. The van der Waals surface area contributed by atoms with E-state index in [1.807, 2.05) is 6.92 Å². The molecular formula is C16H25N3O2. The summed E-state index contributed by atoms with van der Waals surface area (Å²) >= 11 is 0. The predicted molar refractivity (Wildman–Crippen MR) is 85.9 cm³/mol. The van der Waals surface area contributed by atoms with Crippen molar-refractivity contribution in [3.8, 4) is 0 Å². The minimum Gasteiger partial charge on any atom is -0.371 e. The second kappa shape index (κ2) is 7.41. The second-order valence-corrected chi connectivity index (χ2v) is 5.94. The average molecular weight is 291 g/mol. The summed E-state index contributed by atoms with van der Waals surface area (Å²) in [7, 11) is 0. The number of piperidine rings is 1. The number of hydrogen-bond acceptors (Lipinski definition) is 4. The maximum atomic E-state index is 11.1. The van der Waals surface area contributed by atoms with Crippen LogP contribution in [0.1, 0.15) is 31.7 Å². The van der Waals surface area contributed by atoms with Crippen LogP contribution in [0.25, 0.3) is 0 Å². The molecule has 1 saturated heterocycles. The maximum absolute atomic E-state index is 11.1. The van der Waals surface area contributed by atoms with E-state index in [1.54, 1.807) is 12.1 Å². The molecule has 1 aliphatic rings. The first-order chi connectivity index (χ1) is 10.1. The van der Waals surface area contributed by atoms with Crippen molar-refractivity contribution < 1.29 is 4.92 Å². The van der Waals surface area contributed by atoms with Crippen molar-refractivity contribution in [2.75, 3.05) is 31.1 Å². The summed E-state index contributed by atoms with van der Waals surface area (Å²) < 4.78 is 0. The first-order valence-corrected chi connectivity index (χ1v) is 7.82. The molecule has 5 heteroatoms. The van der Waals surface area contributed by atoms with Gasteiger partial charge in [-0.1, -0.05) is 6.92 Å². The molecule has 1 aliphatic heterocycles. The van der Waals surface area contributed by atoms with Gasteiger partial charge in [0.05, 0.1) is 4.92 Å². The Labute approximate surface area is 126 Å². The Morgan fingerprint density at radius 1 is 1.43 bits per heavy atom. The first kappa shape index (κ1) is 15.8. The molecule has 5 nitrogen and oxygen atoms in total. The highest BCUT2D eigenvalue weighted by Gasteiger charge is 2.19. The van der Waals surface area contributed by atoms with E-state index in [4.69, 9.17) is 0 Å². The van der Waals surface area contributed by atoms with Crippen molar-refractivity contribution in [2.24, 2.45) is 5.92 Å². The molecule has 116 valence electrons. The second-order valence-electron chi connectivity index (χ2n) is 5.94. The molecule has 0 aromatic heterocycles. The summed E-state index contributed by atoms with van der Waals surface area (Å²) in [5, 5.41) is 14.5. The number of nitrogens with zero attached hydrogens (tertiary/aromatic N) is 2. The number of aryl methyl sites for hydroxylation is 1. The van der Waals surface area contributed by atoms with Gasteiger partial charge in [0, 0.05) is 30.9 Å². The molecule has 1 aromatic carbocycles. The van der Waals surface area contributed by atoms with Crippen molar-refractivity contribution in [3.05, 3.63) is 33.9 Å². The summed E-state index contributed by atoms with van der Waals surface area (Å²) in [6, 6.07) is 5.40. The maximum Gasteiger partial charge on any atom is 0.271 e. The lowest BCUT2D eigenvalue weighted by Crippen LogP contribution is -2.38. The van der Waals surface area contributed by atoms with E-state index >= 15 is 0 Å². The number of benzene rings is 1. The van der Waals surface area contributed by atoms with E-state index in [1.165, 1.54) is 12.8 Å². The summed E-state index contributed by atoms with van der Waals surface area (Å²) in [6.07, 6.45) is 3.50. The smallest absolute Gasteiger partial charge is 0.271 e. The molecule has 2 rings (SSSR count). The van der Waals surface area contributed by atoms with Crippen LogP contribution >= 0.6 is 0 Å². The zero-order chi connectivity index (χ0) is 15.2. The highest BCUT2D eigenvalue weighted by molar-refractivity contribution is 5.55. The summed E-state index contributed by atoms with van der Waals surface area (Å²) in [6.45, 7) is 8.14. The van der Waals surface area contributed by atoms with Gasteiger partial charge in [0.15, 0.2) is 0 Å². The van der Waals surface area contributed by atoms with Gasteiger partial charge in [0.25, 0.3) is 5.69 Å². The third kappa shape index (κ3) is 4.43. The Bertz CT molecular complexity index is 484. The molecule has 0 amide bonds. The highest BCUT2D eigenvalue weighted by atomic mass is 16.6. The van der Waals surface area contributed by atoms with Gasteiger partial charge in [-0.2, -0.15) is 0 Å². The van der Waals surface area contributed by atoms with Crippen LogP contribution in [0, 0.1) is 23.0 Å². The lowest BCUT2D eigenvalue weighted by Gasteiger charge is -2.31. The predicted octanol–water partition coefficient (Wildman–Crippen LogP) is 3.12. The van der Waals surface area contributed by atoms with Crippen LogP contribution in [0.5, 0.6) is 0 Å². The van der Waals surface area contributed by atoms with Gasteiger partial charge in [-0.15, -0.1) is 0 Å². The van der Waals surface area contributed by atoms with Crippen LogP contribution in [0.2, 0.25) is 0 Å². The molecule has 0 radical (unpaired) electrons. The van der Waals surface area contributed by atoms with Gasteiger partial charge in [0.1, 0.15) is 0 Å². The Hall–Kier alpha value is -1.62. The lowest BCUT2D eigenvalue weighted by molar-refractivity contribution is -0.384. The topological polar surface area (TPSA) is 58.4 Å². The first-order valence-electron chi connectivity index (χ1n) is 7.82. The molecule has 0 bridgehead atoms. The molecule has 1 unspecified atom stereocenters. The molecule has 1 atom stereocenters. The van der Waals surface area contributed by atoms with Crippen LogP contribution in [0.4, 0.5) is 11.4 Å². The monoisotopic (exact) mass is 291 g/mol. The van der Waals surface area contributed by atoms with Gasteiger partial charge < -0.3 is 10.2 Å². The van der Waals surface area contributed by atoms with Gasteiger partial charge in [-0.3, -0.25) is 10.1 Å². The molecule has 0 spiro atoms. The third-order valence-corrected chi connectivity index (χ3v) is 3.99. The Morgan fingerprint density at radius 2 is 2.24 bits per heavy atom. The Balaban J connectivity index is 2.18. The quantitative estimate of drug-likeness (QED) is 0.646. The molecule has 1 aromatic rings. The van der Waals surface area contributed by atoms with E-state index < -0.39 is 0 Å². The number of rotatable bonds is 6. The molecule has 1 fully saturated rings. The minimum atomic E-state index is -0.303. The number of hydrogen-bond donors (Lipinski definition) is 1. The zero-order valence-corrected chi connectivity index (χ0v) is 13.0.